The summed E-state index contributed by atoms with van der Waals surface area (Å²) in [6.45, 7) is 0. The van der Waals surface area contributed by atoms with E-state index in [0.29, 0.717) is 28.4 Å². The number of benzene rings is 4. The Bertz CT molecular complexity index is 1450. The molecule has 1 aliphatic heterocycles. The maximum Gasteiger partial charge on any atom is 0.203 e. The van der Waals surface area contributed by atoms with Gasteiger partial charge in [-0.15, -0.1) is 0 Å². The molecule has 0 aromatic heterocycles. The molecule has 0 bridgehead atoms. The zero-order valence-electron chi connectivity index (χ0n) is 20.4. The van der Waals surface area contributed by atoms with Gasteiger partial charge in [0.25, 0.3) is 0 Å². The fourth-order valence-electron chi connectivity index (χ4n) is 4.71. The van der Waals surface area contributed by atoms with Crippen LogP contribution in [-0.2, 0) is 0 Å². The number of hydrogen-bond acceptors (Lipinski definition) is 5. The van der Waals surface area contributed by atoms with E-state index in [-0.39, 0.29) is 18.0 Å². The lowest BCUT2D eigenvalue weighted by Crippen LogP contribution is -2.30. The topological polar surface area (TPSA) is 61.8 Å². The summed E-state index contributed by atoms with van der Waals surface area (Å²) < 4.78 is 17.7. The normalized spacial score (nSPS) is 16.0. The highest BCUT2D eigenvalue weighted by atomic mass is 79.9. The van der Waals surface area contributed by atoms with Crippen LogP contribution < -0.4 is 14.2 Å². The van der Waals surface area contributed by atoms with Crippen molar-refractivity contribution in [3.63, 3.8) is 0 Å². The minimum atomic E-state index is -0.819. The van der Waals surface area contributed by atoms with E-state index in [1.54, 1.807) is 25.3 Å². The van der Waals surface area contributed by atoms with Crippen LogP contribution in [0.5, 0.6) is 17.2 Å². The number of ether oxygens (including phenoxy) is 3. The molecule has 0 N–H and O–H groups in total. The number of halogens is 1. The predicted octanol–water partition coefficient (Wildman–Crippen LogP) is 7.13. The van der Waals surface area contributed by atoms with Crippen molar-refractivity contribution in [3.8, 4) is 28.4 Å². The summed E-state index contributed by atoms with van der Waals surface area (Å²) in [5, 5.41) is 0. The van der Waals surface area contributed by atoms with Gasteiger partial charge in [0.15, 0.2) is 11.9 Å². The number of ketones is 2. The van der Waals surface area contributed by atoms with Crippen LogP contribution in [0.2, 0.25) is 0 Å². The SMILES string of the molecule is COc1ccc(C(=O)C[C@H]2c3cc(Br)ccc3O[C@H]2C(=O)c2ccc(-c3ccccc3)cc2)c(OC)c1. The van der Waals surface area contributed by atoms with Gasteiger partial charge in [-0.1, -0.05) is 70.5 Å². The number of fused-ring (bicyclic) bond motifs is 1. The first-order chi connectivity index (χ1) is 18.0. The lowest BCUT2D eigenvalue weighted by Gasteiger charge is -2.19. The Hall–Kier alpha value is -3.90. The molecule has 4 aromatic carbocycles. The molecule has 0 fully saturated rings. The number of rotatable bonds is 8. The molecule has 0 aliphatic carbocycles. The highest BCUT2D eigenvalue weighted by Gasteiger charge is 2.41. The number of methoxy groups -OCH3 is 2. The van der Waals surface area contributed by atoms with E-state index < -0.39 is 12.0 Å². The van der Waals surface area contributed by atoms with Crippen molar-refractivity contribution in [2.24, 2.45) is 0 Å². The van der Waals surface area contributed by atoms with Gasteiger partial charge >= 0.3 is 0 Å². The highest BCUT2D eigenvalue weighted by molar-refractivity contribution is 9.10. The van der Waals surface area contributed by atoms with E-state index in [1.165, 1.54) is 7.11 Å². The van der Waals surface area contributed by atoms with Crippen LogP contribution in [0.4, 0.5) is 0 Å². The van der Waals surface area contributed by atoms with Gasteiger partial charge in [-0.2, -0.15) is 0 Å². The maximum absolute atomic E-state index is 13.7. The summed E-state index contributed by atoms with van der Waals surface area (Å²) in [4.78, 5) is 27.2. The van der Waals surface area contributed by atoms with Crippen LogP contribution in [-0.4, -0.2) is 31.9 Å². The van der Waals surface area contributed by atoms with Gasteiger partial charge in [0.05, 0.1) is 19.8 Å². The zero-order chi connectivity index (χ0) is 25.9. The second-order valence-corrected chi connectivity index (χ2v) is 9.74. The van der Waals surface area contributed by atoms with Gasteiger partial charge in [-0.05, 0) is 41.5 Å². The minimum absolute atomic E-state index is 0.0879. The third-order valence-electron chi connectivity index (χ3n) is 6.64. The first-order valence-corrected chi connectivity index (χ1v) is 12.7. The standard InChI is InChI=1S/C31H25BrO5/c1-35-23-13-14-24(29(17-23)36-2)27(33)18-26-25-16-22(32)12-15-28(25)37-31(26)30(34)21-10-8-20(9-11-21)19-6-4-3-5-7-19/h3-17,26,31H,18H2,1-2H3/t26-,31+/m0/s1. The number of carbonyl (C=O) groups is 2. The third kappa shape index (κ3) is 5.02. The number of Topliss-reactive ketones (excluding diaryl/α,β-unsaturated/α-hetero) is 2. The Morgan fingerprint density at radius 1 is 0.838 bits per heavy atom. The lowest BCUT2D eigenvalue weighted by atomic mass is 9.85. The molecule has 0 saturated heterocycles. The minimum Gasteiger partial charge on any atom is -0.497 e. The van der Waals surface area contributed by atoms with Gasteiger partial charge in [0.1, 0.15) is 17.2 Å². The molecule has 186 valence electrons. The molecular formula is C31H25BrO5. The average molecular weight is 557 g/mol. The van der Waals surface area contributed by atoms with Crippen LogP contribution in [0.1, 0.15) is 38.6 Å². The van der Waals surface area contributed by atoms with Crippen LogP contribution in [0.15, 0.2) is 95.5 Å². The van der Waals surface area contributed by atoms with Gasteiger partial charge in [0, 0.05) is 34.0 Å². The Morgan fingerprint density at radius 2 is 1.57 bits per heavy atom. The van der Waals surface area contributed by atoms with Crippen molar-refractivity contribution >= 4 is 27.5 Å². The van der Waals surface area contributed by atoms with Gasteiger partial charge in [-0.3, -0.25) is 9.59 Å². The number of carbonyl (C=O) groups excluding carboxylic acids is 2. The van der Waals surface area contributed by atoms with Crippen LogP contribution in [0.3, 0.4) is 0 Å². The van der Waals surface area contributed by atoms with Crippen molar-refractivity contribution in [2.75, 3.05) is 14.2 Å². The van der Waals surface area contributed by atoms with Crippen molar-refractivity contribution in [1.82, 2.24) is 0 Å². The summed E-state index contributed by atoms with van der Waals surface area (Å²) in [5.74, 6) is 0.885. The molecule has 6 heteroatoms. The molecule has 0 saturated carbocycles. The van der Waals surface area contributed by atoms with Crippen LogP contribution >= 0.6 is 15.9 Å². The van der Waals surface area contributed by atoms with Crippen molar-refractivity contribution in [2.45, 2.75) is 18.4 Å². The van der Waals surface area contributed by atoms with Gasteiger partial charge < -0.3 is 14.2 Å². The lowest BCUT2D eigenvalue weighted by molar-refractivity contribution is 0.0773. The Kier molecular flexibility index (Phi) is 7.10. The quantitative estimate of drug-likeness (QED) is 0.216. The maximum atomic E-state index is 13.7. The molecule has 5 nitrogen and oxygen atoms in total. The van der Waals surface area contributed by atoms with Crippen molar-refractivity contribution < 1.29 is 23.8 Å². The van der Waals surface area contributed by atoms with Crippen LogP contribution in [0.25, 0.3) is 11.1 Å². The monoisotopic (exact) mass is 556 g/mol. The van der Waals surface area contributed by atoms with E-state index >= 15 is 0 Å². The fourth-order valence-corrected chi connectivity index (χ4v) is 5.09. The van der Waals surface area contributed by atoms with E-state index in [4.69, 9.17) is 14.2 Å². The number of hydrogen-bond donors (Lipinski definition) is 0. The highest BCUT2D eigenvalue weighted by Crippen LogP contribution is 2.44. The summed E-state index contributed by atoms with van der Waals surface area (Å²) in [7, 11) is 3.08. The molecule has 0 unspecified atom stereocenters. The summed E-state index contributed by atoms with van der Waals surface area (Å²) in [6, 6.07) is 28.2. The molecule has 1 heterocycles. The largest absolute Gasteiger partial charge is 0.497 e. The second-order valence-electron chi connectivity index (χ2n) is 8.83. The summed E-state index contributed by atoms with van der Waals surface area (Å²) >= 11 is 3.51. The van der Waals surface area contributed by atoms with E-state index in [0.717, 1.165) is 21.2 Å². The molecule has 37 heavy (non-hydrogen) atoms. The fraction of sp³-hybridized carbons (Fsp3) is 0.161. The predicted molar refractivity (Wildman–Crippen MR) is 146 cm³/mol. The summed E-state index contributed by atoms with van der Waals surface area (Å²) in [6.07, 6.45) is -0.731. The zero-order valence-corrected chi connectivity index (χ0v) is 22.0. The molecule has 4 aromatic rings. The van der Waals surface area contributed by atoms with E-state index in [1.807, 2.05) is 72.8 Å². The van der Waals surface area contributed by atoms with Crippen molar-refractivity contribution in [1.29, 1.82) is 0 Å². The Labute approximate surface area is 224 Å². The molecule has 0 spiro atoms. The molecular weight excluding hydrogens is 532 g/mol. The molecule has 5 rings (SSSR count). The summed E-state index contributed by atoms with van der Waals surface area (Å²) in [5.41, 5.74) is 3.90. The average Bonchev–Trinajstić information content (AvgIpc) is 3.29. The molecule has 0 amide bonds. The Balaban J connectivity index is 1.45. The van der Waals surface area contributed by atoms with Crippen LogP contribution in [0, 0.1) is 0 Å². The first kappa shape index (κ1) is 24.8. The third-order valence-corrected chi connectivity index (χ3v) is 7.13. The Morgan fingerprint density at radius 3 is 2.27 bits per heavy atom. The van der Waals surface area contributed by atoms with E-state index in [2.05, 4.69) is 15.9 Å². The van der Waals surface area contributed by atoms with Gasteiger partial charge in [0.2, 0.25) is 5.78 Å². The second kappa shape index (κ2) is 10.6. The first-order valence-electron chi connectivity index (χ1n) is 11.9. The van der Waals surface area contributed by atoms with E-state index in [9.17, 15) is 9.59 Å². The molecule has 1 aliphatic rings. The smallest absolute Gasteiger partial charge is 0.203 e. The van der Waals surface area contributed by atoms with Crippen molar-refractivity contribution in [3.05, 3.63) is 112 Å². The molecule has 2 atom stereocenters. The molecule has 0 radical (unpaired) electrons. The van der Waals surface area contributed by atoms with Gasteiger partial charge in [-0.25, -0.2) is 0 Å².